The van der Waals surface area contributed by atoms with E-state index in [-0.39, 0.29) is 17.0 Å². The second-order valence-electron chi connectivity index (χ2n) is 7.88. The van der Waals surface area contributed by atoms with Gasteiger partial charge >= 0.3 is 0 Å². The van der Waals surface area contributed by atoms with Crippen LogP contribution in [0.15, 0.2) is 59.4 Å². The van der Waals surface area contributed by atoms with Crippen LogP contribution in [0, 0.1) is 6.92 Å². The summed E-state index contributed by atoms with van der Waals surface area (Å²) < 4.78 is 1.54. The number of hydrogen-bond acceptors (Lipinski definition) is 3. The van der Waals surface area contributed by atoms with Crippen LogP contribution in [0.25, 0.3) is 10.9 Å². The van der Waals surface area contributed by atoms with Crippen molar-refractivity contribution in [3.05, 3.63) is 81.6 Å². The molecule has 4 rings (SSSR count). The molecule has 150 valence electrons. The molecular weight excluding hydrogens is 362 g/mol. The number of benzene rings is 2. The molecule has 1 N–H and O–H groups in total. The van der Waals surface area contributed by atoms with Crippen molar-refractivity contribution in [1.29, 1.82) is 0 Å². The minimum atomic E-state index is -0.300. The maximum Gasteiger partial charge on any atom is 0.263 e. The maximum absolute atomic E-state index is 12.6. The summed E-state index contributed by atoms with van der Waals surface area (Å²) in [7, 11) is 1.71. The number of carbonyl (C=O) groups is 1. The van der Waals surface area contributed by atoms with E-state index in [2.05, 4.69) is 41.4 Å². The molecule has 2 heterocycles. The number of aromatic nitrogens is 1. The molecule has 0 unspecified atom stereocenters. The number of hydrogen-bond donors (Lipinski definition) is 1. The van der Waals surface area contributed by atoms with Crippen molar-refractivity contribution in [1.82, 2.24) is 14.8 Å². The molecule has 5 heteroatoms. The number of nitrogens with one attached hydrogen (secondary N) is 1. The van der Waals surface area contributed by atoms with E-state index in [9.17, 15) is 9.59 Å². The average Bonchev–Trinajstić information content (AvgIpc) is 3.19. The van der Waals surface area contributed by atoms with Gasteiger partial charge in [0.25, 0.3) is 11.5 Å². The van der Waals surface area contributed by atoms with E-state index in [1.165, 1.54) is 15.7 Å². The Morgan fingerprint density at radius 1 is 1.14 bits per heavy atom. The summed E-state index contributed by atoms with van der Waals surface area (Å²) in [6, 6.07) is 17.9. The van der Waals surface area contributed by atoms with Gasteiger partial charge in [-0.15, -0.1) is 0 Å². The molecule has 0 radical (unpaired) electrons. The molecule has 29 heavy (non-hydrogen) atoms. The van der Waals surface area contributed by atoms with Gasteiger partial charge in [-0.1, -0.05) is 42.5 Å². The third kappa shape index (κ3) is 3.96. The zero-order chi connectivity index (χ0) is 20.4. The molecule has 0 spiro atoms. The van der Waals surface area contributed by atoms with Gasteiger partial charge in [-0.2, -0.15) is 0 Å². The van der Waals surface area contributed by atoms with Crippen LogP contribution in [-0.4, -0.2) is 41.6 Å². The molecule has 2 aromatic carbocycles. The second-order valence-corrected chi connectivity index (χ2v) is 7.88. The number of pyridine rings is 1. The van der Waals surface area contributed by atoms with Crippen LogP contribution in [0.3, 0.4) is 0 Å². The van der Waals surface area contributed by atoms with Gasteiger partial charge < -0.3 is 14.8 Å². The summed E-state index contributed by atoms with van der Waals surface area (Å²) in [5, 5.41) is 3.82. The summed E-state index contributed by atoms with van der Waals surface area (Å²) >= 11 is 0. The highest BCUT2D eigenvalue weighted by atomic mass is 16.2. The third-order valence-electron chi connectivity index (χ3n) is 5.99. The maximum atomic E-state index is 12.6. The topological polar surface area (TPSA) is 54.3 Å². The lowest BCUT2D eigenvalue weighted by molar-refractivity contribution is 0.0948. The van der Waals surface area contributed by atoms with Crippen LogP contribution in [0.5, 0.6) is 0 Å². The van der Waals surface area contributed by atoms with E-state index in [1.807, 2.05) is 24.3 Å². The summed E-state index contributed by atoms with van der Waals surface area (Å²) in [6.07, 6.45) is 1.14. The molecule has 1 aliphatic rings. The number of carbonyl (C=O) groups excluding carboxylic acids is 1. The molecule has 1 atom stereocenters. The largest absolute Gasteiger partial charge is 0.351 e. The molecule has 0 aliphatic carbocycles. The fourth-order valence-corrected chi connectivity index (χ4v) is 4.34. The Hall–Kier alpha value is -2.92. The van der Waals surface area contributed by atoms with E-state index in [0.29, 0.717) is 12.5 Å². The summed E-state index contributed by atoms with van der Waals surface area (Å²) in [4.78, 5) is 27.6. The van der Waals surface area contributed by atoms with Gasteiger partial charge in [0.05, 0.1) is 5.52 Å². The smallest absolute Gasteiger partial charge is 0.263 e. The van der Waals surface area contributed by atoms with Crippen molar-refractivity contribution in [2.75, 3.05) is 26.2 Å². The number of likely N-dealkylation sites (tertiary alicyclic amines) is 1. The fourth-order valence-electron chi connectivity index (χ4n) is 4.34. The van der Waals surface area contributed by atoms with E-state index >= 15 is 0 Å². The van der Waals surface area contributed by atoms with Gasteiger partial charge in [0.2, 0.25) is 0 Å². The molecule has 1 aromatic heterocycles. The Morgan fingerprint density at radius 2 is 1.90 bits per heavy atom. The van der Waals surface area contributed by atoms with Crippen LogP contribution in [0.4, 0.5) is 0 Å². The molecular formula is C24H27N3O2. The molecule has 0 saturated carbocycles. The first-order valence-electron chi connectivity index (χ1n) is 10.2. The zero-order valence-electron chi connectivity index (χ0n) is 17.0. The van der Waals surface area contributed by atoms with E-state index in [1.54, 1.807) is 13.1 Å². The predicted octanol–water partition coefficient (Wildman–Crippen LogP) is 3.07. The lowest BCUT2D eigenvalue weighted by Crippen LogP contribution is -2.37. The van der Waals surface area contributed by atoms with Gasteiger partial charge in [0.15, 0.2) is 0 Å². The number of para-hydroxylation sites is 1. The van der Waals surface area contributed by atoms with E-state index < -0.39 is 0 Å². The number of fused-ring (bicyclic) bond motifs is 1. The minimum Gasteiger partial charge on any atom is -0.351 e. The van der Waals surface area contributed by atoms with Gasteiger partial charge in [0.1, 0.15) is 5.56 Å². The number of rotatable bonds is 5. The number of nitrogens with zero attached hydrogens (tertiary/aromatic N) is 2. The molecule has 1 fully saturated rings. The van der Waals surface area contributed by atoms with Crippen molar-refractivity contribution < 1.29 is 4.79 Å². The molecule has 1 aliphatic heterocycles. The Balaban J connectivity index is 1.36. The molecule has 3 aromatic rings. The SMILES string of the molecule is Cc1ccccc1[C@@H]1CCN(CCNC(=O)c2cc3ccccc3n(C)c2=O)C1. The molecule has 1 amide bonds. The highest BCUT2D eigenvalue weighted by Gasteiger charge is 2.24. The van der Waals surface area contributed by atoms with Gasteiger partial charge in [-0.05, 0) is 54.5 Å². The number of aryl methyl sites for hydroxylation is 2. The Labute approximate surface area is 171 Å². The van der Waals surface area contributed by atoms with Crippen molar-refractivity contribution in [3.63, 3.8) is 0 Å². The van der Waals surface area contributed by atoms with Gasteiger partial charge in [0, 0.05) is 26.7 Å². The van der Waals surface area contributed by atoms with Crippen LogP contribution < -0.4 is 10.9 Å². The summed E-state index contributed by atoms with van der Waals surface area (Å²) in [6.45, 7) is 5.55. The van der Waals surface area contributed by atoms with E-state index in [4.69, 9.17) is 0 Å². The molecule has 1 saturated heterocycles. The standard InChI is InChI=1S/C24H27N3O2/c1-17-7-3-5-9-20(17)19-11-13-27(16-19)14-12-25-23(28)21-15-18-8-4-6-10-22(18)26(2)24(21)29/h3-10,15,19H,11-14,16H2,1-2H3,(H,25,28)/t19-/m1/s1. The normalized spacial score (nSPS) is 17.0. The fraction of sp³-hybridized carbons (Fsp3) is 0.333. The number of amides is 1. The average molecular weight is 389 g/mol. The van der Waals surface area contributed by atoms with Crippen molar-refractivity contribution >= 4 is 16.8 Å². The molecule has 0 bridgehead atoms. The Bertz CT molecular complexity index is 1100. The van der Waals surface area contributed by atoms with E-state index in [0.717, 1.165) is 37.0 Å². The van der Waals surface area contributed by atoms with Crippen molar-refractivity contribution in [2.24, 2.45) is 7.05 Å². The van der Waals surface area contributed by atoms with Crippen LogP contribution >= 0.6 is 0 Å². The quantitative estimate of drug-likeness (QED) is 0.730. The van der Waals surface area contributed by atoms with Gasteiger partial charge in [-0.25, -0.2) is 0 Å². The third-order valence-corrected chi connectivity index (χ3v) is 5.99. The first-order valence-corrected chi connectivity index (χ1v) is 10.2. The Morgan fingerprint density at radius 3 is 2.72 bits per heavy atom. The van der Waals surface area contributed by atoms with Crippen LogP contribution in [0.2, 0.25) is 0 Å². The van der Waals surface area contributed by atoms with Gasteiger partial charge in [-0.3, -0.25) is 9.59 Å². The predicted molar refractivity (Wildman–Crippen MR) is 116 cm³/mol. The highest BCUT2D eigenvalue weighted by Crippen LogP contribution is 2.28. The summed E-state index contributed by atoms with van der Waals surface area (Å²) in [5.74, 6) is 0.255. The zero-order valence-corrected chi connectivity index (χ0v) is 17.0. The monoisotopic (exact) mass is 389 g/mol. The van der Waals surface area contributed by atoms with Crippen molar-refractivity contribution in [3.8, 4) is 0 Å². The Kier molecular flexibility index (Phi) is 5.49. The van der Waals surface area contributed by atoms with Crippen LogP contribution in [-0.2, 0) is 7.05 Å². The second kappa shape index (κ2) is 8.21. The molecule has 5 nitrogen and oxygen atoms in total. The lowest BCUT2D eigenvalue weighted by atomic mass is 9.94. The lowest BCUT2D eigenvalue weighted by Gasteiger charge is -2.17. The first-order chi connectivity index (χ1) is 14.0. The first kappa shape index (κ1) is 19.4. The van der Waals surface area contributed by atoms with Crippen molar-refractivity contribution in [2.45, 2.75) is 19.3 Å². The van der Waals surface area contributed by atoms with Crippen LogP contribution in [0.1, 0.15) is 33.8 Å². The highest BCUT2D eigenvalue weighted by molar-refractivity contribution is 5.97. The minimum absolute atomic E-state index is 0.199. The summed E-state index contributed by atoms with van der Waals surface area (Å²) in [5.41, 5.74) is 3.54.